The number of hydrogen-bond acceptors (Lipinski definition) is 2. The molecule has 0 saturated carbocycles. The van der Waals surface area contributed by atoms with Gasteiger partial charge in [0, 0.05) is 0 Å². The summed E-state index contributed by atoms with van der Waals surface area (Å²) in [6.07, 6.45) is 1.18. The predicted molar refractivity (Wildman–Crippen MR) is 53.5 cm³/mol. The van der Waals surface area contributed by atoms with E-state index in [-0.39, 0.29) is 6.10 Å². The molecule has 0 amide bonds. The Kier molecular flexibility index (Phi) is 3.50. The van der Waals surface area contributed by atoms with Crippen LogP contribution in [0.5, 0.6) is 0 Å². The van der Waals surface area contributed by atoms with Crippen LogP contribution in [0.3, 0.4) is 0 Å². The van der Waals surface area contributed by atoms with Crippen LogP contribution in [0.25, 0.3) is 0 Å². The smallest absolute Gasteiger partial charge is 0.0617 e. The quantitative estimate of drug-likeness (QED) is 0.710. The summed E-state index contributed by atoms with van der Waals surface area (Å²) in [6.45, 7) is 5.71. The Bertz CT molecular complexity index is 238. The van der Waals surface area contributed by atoms with Crippen molar-refractivity contribution in [3.05, 3.63) is 34.5 Å². The maximum Gasteiger partial charge on any atom is 0.0617 e. The lowest BCUT2D eigenvalue weighted by Crippen LogP contribution is -2.09. The van der Waals surface area contributed by atoms with Gasteiger partial charge in [-0.3, -0.25) is 0 Å². The van der Waals surface area contributed by atoms with E-state index in [2.05, 4.69) is 12.0 Å². The Morgan fingerprint density at radius 3 is 3.00 bits per heavy atom. The van der Waals surface area contributed by atoms with Crippen molar-refractivity contribution in [2.24, 2.45) is 0 Å². The van der Waals surface area contributed by atoms with Gasteiger partial charge in [-0.2, -0.15) is 11.3 Å². The van der Waals surface area contributed by atoms with Crippen molar-refractivity contribution in [2.75, 3.05) is 0 Å². The maximum atomic E-state index is 9.54. The summed E-state index contributed by atoms with van der Waals surface area (Å²) in [5.41, 5.74) is 2.26. The van der Waals surface area contributed by atoms with E-state index >= 15 is 0 Å². The Hall–Kier alpha value is -0.600. The summed E-state index contributed by atoms with van der Waals surface area (Å²) >= 11 is 1.67. The molecule has 1 atom stereocenters. The minimum Gasteiger partial charge on any atom is -0.392 e. The molecule has 1 rings (SSSR count). The first-order valence-electron chi connectivity index (χ1n) is 4.02. The first-order chi connectivity index (χ1) is 5.68. The van der Waals surface area contributed by atoms with E-state index in [1.165, 1.54) is 5.56 Å². The fourth-order valence-electron chi connectivity index (χ4n) is 1.16. The summed E-state index contributed by atoms with van der Waals surface area (Å²) in [4.78, 5) is 0. The first kappa shape index (κ1) is 9.49. The Labute approximate surface area is 77.4 Å². The highest BCUT2D eigenvalue weighted by atomic mass is 32.1. The van der Waals surface area contributed by atoms with E-state index in [1.807, 2.05) is 18.4 Å². The first-order valence-corrected chi connectivity index (χ1v) is 4.96. The second kappa shape index (κ2) is 4.43. The molecule has 0 bridgehead atoms. The molecule has 0 aliphatic carbocycles. The lowest BCUT2D eigenvalue weighted by molar-refractivity contribution is 0.175. The summed E-state index contributed by atoms with van der Waals surface area (Å²) in [6, 6.07) is 2.05. The number of thiophene rings is 1. The van der Waals surface area contributed by atoms with E-state index in [9.17, 15) is 5.11 Å². The second-order valence-electron chi connectivity index (χ2n) is 3.15. The zero-order valence-corrected chi connectivity index (χ0v) is 8.10. The predicted octanol–water partition coefficient (Wildman–Crippen LogP) is 2.62. The van der Waals surface area contributed by atoms with Gasteiger partial charge in [0.05, 0.1) is 6.10 Å². The average Bonchev–Trinajstić information content (AvgIpc) is 2.37. The third-order valence-corrected chi connectivity index (χ3v) is 2.37. The normalized spacial score (nSPS) is 12.8. The van der Waals surface area contributed by atoms with Crippen molar-refractivity contribution < 1.29 is 5.11 Å². The maximum absolute atomic E-state index is 9.54. The molecule has 12 heavy (non-hydrogen) atoms. The molecule has 66 valence electrons. The van der Waals surface area contributed by atoms with Gasteiger partial charge in [-0.25, -0.2) is 0 Å². The van der Waals surface area contributed by atoms with Crippen LogP contribution in [0.1, 0.15) is 18.9 Å². The number of aliphatic hydroxyl groups excluding tert-OH is 1. The summed E-state index contributed by atoms with van der Waals surface area (Å²) < 4.78 is 0. The summed E-state index contributed by atoms with van der Waals surface area (Å²) in [7, 11) is 0. The van der Waals surface area contributed by atoms with Crippen molar-refractivity contribution in [3.8, 4) is 0 Å². The minimum atomic E-state index is -0.267. The van der Waals surface area contributed by atoms with Gasteiger partial charge in [-0.05, 0) is 42.2 Å². The van der Waals surface area contributed by atoms with Crippen LogP contribution >= 0.6 is 11.3 Å². The highest BCUT2D eigenvalue weighted by Gasteiger charge is 2.05. The third kappa shape index (κ3) is 3.20. The molecule has 0 spiro atoms. The Balaban J connectivity index is 2.36. The molecule has 0 fully saturated rings. The van der Waals surface area contributed by atoms with Crippen LogP contribution in [0.15, 0.2) is 29.0 Å². The van der Waals surface area contributed by atoms with E-state index in [0.29, 0.717) is 6.42 Å². The molecule has 1 nitrogen and oxygen atoms in total. The molecule has 1 unspecified atom stereocenters. The van der Waals surface area contributed by atoms with Gasteiger partial charge in [-0.15, -0.1) is 6.58 Å². The monoisotopic (exact) mass is 182 g/mol. The molecule has 2 heteroatoms. The molecule has 1 aromatic heterocycles. The van der Waals surface area contributed by atoms with Crippen LogP contribution in [0, 0.1) is 0 Å². The zero-order valence-electron chi connectivity index (χ0n) is 7.29. The van der Waals surface area contributed by atoms with Crippen molar-refractivity contribution >= 4 is 11.3 Å². The molecule has 1 N–H and O–H groups in total. The molecule has 1 aromatic rings. The van der Waals surface area contributed by atoms with E-state index in [4.69, 9.17) is 0 Å². The van der Waals surface area contributed by atoms with Crippen LogP contribution in [0.2, 0.25) is 0 Å². The lowest BCUT2D eigenvalue weighted by atomic mass is 10.1. The highest BCUT2D eigenvalue weighted by Crippen LogP contribution is 2.12. The highest BCUT2D eigenvalue weighted by molar-refractivity contribution is 7.07. The number of rotatable bonds is 4. The van der Waals surface area contributed by atoms with Crippen LogP contribution < -0.4 is 0 Å². The molecular weight excluding hydrogens is 168 g/mol. The lowest BCUT2D eigenvalue weighted by Gasteiger charge is -2.08. The van der Waals surface area contributed by atoms with E-state index in [1.54, 1.807) is 11.3 Å². The van der Waals surface area contributed by atoms with Crippen LogP contribution in [-0.2, 0) is 6.42 Å². The van der Waals surface area contributed by atoms with Gasteiger partial charge in [-0.1, -0.05) is 5.57 Å². The zero-order chi connectivity index (χ0) is 8.97. The van der Waals surface area contributed by atoms with Gasteiger partial charge in [0.15, 0.2) is 0 Å². The average molecular weight is 182 g/mol. The fraction of sp³-hybridized carbons (Fsp3) is 0.400. The number of hydrogen-bond donors (Lipinski definition) is 1. The Morgan fingerprint density at radius 1 is 1.75 bits per heavy atom. The molecular formula is C10H14OS. The topological polar surface area (TPSA) is 20.2 Å². The van der Waals surface area contributed by atoms with Gasteiger partial charge in [0.1, 0.15) is 0 Å². The largest absolute Gasteiger partial charge is 0.392 e. The van der Waals surface area contributed by atoms with E-state index < -0.39 is 0 Å². The molecule has 0 saturated heterocycles. The van der Waals surface area contributed by atoms with Gasteiger partial charge in [0.25, 0.3) is 0 Å². The summed E-state index contributed by atoms with van der Waals surface area (Å²) in [5, 5.41) is 13.6. The standard InChI is InChI=1S/C10H14OS/c1-8(2)5-10(11)6-9-3-4-12-7-9/h3-4,7,10-11H,1,5-6H2,2H3. The molecule has 1 heterocycles. The number of aliphatic hydroxyl groups is 1. The minimum absolute atomic E-state index is 0.267. The van der Waals surface area contributed by atoms with E-state index in [0.717, 1.165) is 12.0 Å². The summed E-state index contributed by atoms with van der Waals surface area (Å²) in [5.74, 6) is 0. The SMILES string of the molecule is C=C(C)CC(O)Cc1ccsc1. The van der Waals surface area contributed by atoms with Gasteiger partial charge in [0.2, 0.25) is 0 Å². The van der Waals surface area contributed by atoms with Crippen LogP contribution in [-0.4, -0.2) is 11.2 Å². The molecule has 0 aliphatic heterocycles. The van der Waals surface area contributed by atoms with Crippen molar-refractivity contribution in [1.29, 1.82) is 0 Å². The molecule has 0 aliphatic rings. The van der Waals surface area contributed by atoms with Crippen molar-refractivity contribution in [2.45, 2.75) is 25.9 Å². The van der Waals surface area contributed by atoms with Gasteiger partial charge < -0.3 is 5.11 Å². The third-order valence-electron chi connectivity index (χ3n) is 1.64. The van der Waals surface area contributed by atoms with Crippen LogP contribution in [0.4, 0.5) is 0 Å². The second-order valence-corrected chi connectivity index (χ2v) is 3.93. The molecule has 0 aromatic carbocycles. The molecule has 0 radical (unpaired) electrons. The van der Waals surface area contributed by atoms with Crippen molar-refractivity contribution in [1.82, 2.24) is 0 Å². The fourth-order valence-corrected chi connectivity index (χ4v) is 1.84. The van der Waals surface area contributed by atoms with Gasteiger partial charge >= 0.3 is 0 Å². The van der Waals surface area contributed by atoms with Crippen molar-refractivity contribution in [3.63, 3.8) is 0 Å². The Morgan fingerprint density at radius 2 is 2.50 bits per heavy atom.